The molecule has 0 radical (unpaired) electrons. The minimum absolute atomic E-state index is 0.502. The van der Waals surface area contributed by atoms with Crippen LogP contribution >= 0.6 is 12.2 Å². The van der Waals surface area contributed by atoms with E-state index in [1.54, 1.807) is 7.11 Å². The average Bonchev–Trinajstić information content (AvgIpc) is 3.36. The lowest BCUT2D eigenvalue weighted by Crippen LogP contribution is -2.41. The van der Waals surface area contributed by atoms with E-state index < -0.39 is 0 Å². The van der Waals surface area contributed by atoms with Crippen molar-refractivity contribution in [3.63, 3.8) is 0 Å². The van der Waals surface area contributed by atoms with Crippen molar-refractivity contribution in [2.45, 2.75) is 70.9 Å². The second kappa shape index (κ2) is 11.0. The van der Waals surface area contributed by atoms with Gasteiger partial charge in [0.05, 0.1) is 12.8 Å². The maximum atomic E-state index is 5.94. The molecule has 0 unspecified atom stereocenters. The smallest absolute Gasteiger partial charge is 0.174 e. The van der Waals surface area contributed by atoms with Gasteiger partial charge in [0.25, 0.3) is 0 Å². The predicted octanol–water partition coefficient (Wildman–Crippen LogP) is 6.39. The summed E-state index contributed by atoms with van der Waals surface area (Å²) in [5, 5.41) is 4.27. The molecule has 1 saturated carbocycles. The molecule has 0 bridgehead atoms. The number of anilines is 2. The third-order valence-electron chi connectivity index (χ3n) is 6.87. The van der Waals surface area contributed by atoms with Crippen LogP contribution < -0.4 is 15.0 Å². The highest BCUT2D eigenvalue weighted by Gasteiger charge is 2.26. The van der Waals surface area contributed by atoms with Gasteiger partial charge < -0.3 is 19.9 Å². The Labute approximate surface area is 198 Å². The van der Waals surface area contributed by atoms with Crippen LogP contribution in [0.3, 0.4) is 0 Å². The van der Waals surface area contributed by atoms with Gasteiger partial charge in [-0.05, 0) is 73.6 Å². The molecule has 0 aromatic heterocycles. The van der Waals surface area contributed by atoms with Crippen molar-refractivity contribution in [2.75, 3.05) is 30.4 Å². The fourth-order valence-corrected chi connectivity index (χ4v) is 5.45. The molecule has 1 fully saturated rings. The van der Waals surface area contributed by atoms with Crippen LogP contribution in [0.25, 0.3) is 0 Å². The van der Waals surface area contributed by atoms with Crippen molar-refractivity contribution in [1.82, 2.24) is 4.90 Å². The van der Waals surface area contributed by atoms with Gasteiger partial charge in [0.2, 0.25) is 0 Å². The fourth-order valence-electron chi connectivity index (χ4n) is 5.12. The number of nitrogens with one attached hydrogen (secondary N) is 1. The van der Waals surface area contributed by atoms with Crippen LogP contribution in [0.5, 0.6) is 5.75 Å². The highest BCUT2D eigenvalue weighted by atomic mass is 32.1. The number of benzene rings is 2. The van der Waals surface area contributed by atoms with Crippen molar-refractivity contribution in [2.24, 2.45) is 0 Å². The lowest BCUT2D eigenvalue weighted by atomic mass is 9.98. The quantitative estimate of drug-likeness (QED) is 0.470. The van der Waals surface area contributed by atoms with Crippen LogP contribution in [0.4, 0.5) is 11.4 Å². The largest absolute Gasteiger partial charge is 0.495 e. The van der Waals surface area contributed by atoms with Crippen molar-refractivity contribution >= 4 is 28.7 Å². The van der Waals surface area contributed by atoms with E-state index >= 15 is 0 Å². The number of nitrogens with zero attached hydrogens (tertiary/aromatic N) is 2. The first kappa shape index (κ1) is 22.9. The standard InChI is InChI=1S/C27H37N3OS/c1-3-4-17-29-18-9-10-22-19-21(15-16-25(22)29)20-30(23-11-5-6-12-23)27(32)28-24-13-7-8-14-26(24)31-2/h7-8,13-16,19,23H,3-6,9-12,17-18,20H2,1-2H3,(H,28,32). The molecule has 0 saturated heterocycles. The molecule has 1 heterocycles. The number of ether oxygens (including phenoxy) is 1. The van der Waals surface area contributed by atoms with E-state index in [1.165, 1.54) is 81.3 Å². The van der Waals surface area contributed by atoms with Crippen molar-refractivity contribution in [1.29, 1.82) is 0 Å². The highest BCUT2D eigenvalue weighted by Crippen LogP contribution is 2.31. The summed E-state index contributed by atoms with van der Waals surface area (Å²) in [7, 11) is 1.70. The summed E-state index contributed by atoms with van der Waals surface area (Å²) in [6.07, 6.45) is 9.94. The zero-order valence-electron chi connectivity index (χ0n) is 19.6. The Bertz CT molecular complexity index is 910. The zero-order valence-corrected chi connectivity index (χ0v) is 20.4. The maximum absolute atomic E-state index is 5.94. The molecule has 2 aromatic carbocycles. The van der Waals surface area contributed by atoms with Gasteiger partial charge in [-0.1, -0.05) is 50.5 Å². The van der Waals surface area contributed by atoms with Crippen molar-refractivity contribution in [3.05, 3.63) is 53.6 Å². The molecule has 0 amide bonds. The van der Waals surface area contributed by atoms with Gasteiger partial charge in [0, 0.05) is 31.4 Å². The molecule has 4 nitrogen and oxygen atoms in total. The summed E-state index contributed by atoms with van der Waals surface area (Å²) < 4.78 is 5.52. The van der Waals surface area contributed by atoms with Gasteiger partial charge in [0.15, 0.2) is 5.11 Å². The molecule has 1 N–H and O–H groups in total. The Hall–Kier alpha value is -2.27. The van der Waals surface area contributed by atoms with Crippen LogP contribution in [0.15, 0.2) is 42.5 Å². The van der Waals surface area contributed by atoms with E-state index in [1.807, 2.05) is 24.3 Å². The number of unbranched alkanes of at least 4 members (excludes halogenated alkanes) is 1. The van der Waals surface area contributed by atoms with Crippen molar-refractivity contribution in [3.8, 4) is 5.75 Å². The Morgan fingerprint density at radius 1 is 1.16 bits per heavy atom. The molecule has 0 spiro atoms. The van der Waals surface area contributed by atoms with Gasteiger partial charge in [-0.3, -0.25) is 0 Å². The number of methoxy groups -OCH3 is 1. The molecule has 5 heteroatoms. The minimum Gasteiger partial charge on any atom is -0.495 e. The molecule has 1 aliphatic heterocycles. The maximum Gasteiger partial charge on any atom is 0.174 e. The van der Waals surface area contributed by atoms with E-state index in [0.717, 1.165) is 23.1 Å². The number of hydrogen-bond donors (Lipinski definition) is 1. The van der Waals surface area contributed by atoms with Gasteiger partial charge in [-0.25, -0.2) is 0 Å². The molecule has 1 aliphatic carbocycles. The third-order valence-corrected chi connectivity index (χ3v) is 7.20. The number of rotatable bonds is 8. The van der Waals surface area contributed by atoms with E-state index in [9.17, 15) is 0 Å². The molecule has 32 heavy (non-hydrogen) atoms. The number of hydrogen-bond acceptors (Lipinski definition) is 3. The zero-order chi connectivity index (χ0) is 22.3. The second-order valence-corrected chi connectivity index (χ2v) is 9.49. The molecular weight excluding hydrogens is 414 g/mol. The minimum atomic E-state index is 0.502. The number of para-hydroxylation sites is 2. The molecule has 4 rings (SSSR count). The summed E-state index contributed by atoms with van der Waals surface area (Å²) in [4.78, 5) is 4.99. The molecular formula is C27H37N3OS. The van der Waals surface area contributed by atoms with Crippen LogP contribution in [0.1, 0.15) is 63.0 Å². The summed E-state index contributed by atoms with van der Waals surface area (Å²) >= 11 is 5.94. The van der Waals surface area contributed by atoms with E-state index in [-0.39, 0.29) is 0 Å². The summed E-state index contributed by atoms with van der Waals surface area (Å²) in [6, 6.07) is 15.6. The first-order valence-electron chi connectivity index (χ1n) is 12.3. The van der Waals surface area contributed by atoms with Gasteiger partial charge >= 0.3 is 0 Å². The average molecular weight is 452 g/mol. The fraction of sp³-hybridized carbons (Fsp3) is 0.519. The lowest BCUT2D eigenvalue weighted by molar-refractivity contribution is 0.312. The second-order valence-electron chi connectivity index (χ2n) is 9.10. The van der Waals surface area contributed by atoms with Gasteiger partial charge in [-0.2, -0.15) is 0 Å². The number of aryl methyl sites for hydroxylation is 1. The SMILES string of the molecule is CCCCN1CCCc2cc(CN(C(=S)Nc3ccccc3OC)C3CCCC3)ccc21. The van der Waals surface area contributed by atoms with Gasteiger partial charge in [-0.15, -0.1) is 0 Å². The Balaban J connectivity index is 1.52. The molecule has 172 valence electrons. The van der Waals surface area contributed by atoms with Crippen LogP contribution in [-0.4, -0.2) is 36.3 Å². The number of thiocarbonyl (C=S) groups is 1. The topological polar surface area (TPSA) is 27.7 Å². The van der Waals surface area contributed by atoms with E-state index in [4.69, 9.17) is 17.0 Å². The summed E-state index contributed by atoms with van der Waals surface area (Å²) in [6.45, 7) is 5.48. The Morgan fingerprint density at radius 3 is 2.75 bits per heavy atom. The molecule has 2 aliphatic rings. The highest BCUT2D eigenvalue weighted by molar-refractivity contribution is 7.80. The summed E-state index contributed by atoms with van der Waals surface area (Å²) in [5.41, 5.74) is 5.23. The predicted molar refractivity (Wildman–Crippen MR) is 139 cm³/mol. The monoisotopic (exact) mass is 451 g/mol. The van der Waals surface area contributed by atoms with Crippen LogP contribution in [0.2, 0.25) is 0 Å². The van der Waals surface area contributed by atoms with Crippen LogP contribution in [0, 0.1) is 0 Å². The first-order chi connectivity index (χ1) is 15.7. The Morgan fingerprint density at radius 2 is 1.97 bits per heavy atom. The van der Waals surface area contributed by atoms with Crippen molar-refractivity contribution < 1.29 is 4.74 Å². The van der Waals surface area contributed by atoms with Gasteiger partial charge in [0.1, 0.15) is 5.75 Å². The van der Waals surface area contributed by atoms with E-state index in [0.29, 0.717) is 6.04 Å². The first-order valence-corrected chi connectivity index (χ1v) is 12.7. The Kier molecular flexibility index (Phi) is 7.90. The molecule has 0 atom stereocenters. The van der Waals surface area contributed by atoms with Crippen LogP contribution in [-0.2, 0) is 13.0 Å². The summed E-state index contributed by atoms with van der Waals surface area (Å²) in [5.74, 6) is 0.821. The van der Waals surface area contributed by atoms with E-state index in [2.05, 4.69) is 40.2 Å². The normalized spacial score (nSPS) is 16.0. The third kappa shape index (κ3) is 5.37. The lowest BCUT2D eigenvalue weighted by Gasteiger charge is -2.34. The molecule has 2 aromatic rings. The number of fused-ring (bicyclic) bond motifs is 1.